The van der Waals surface area contributed by atoms with Gasteiger partial charge in [0.05, 0.1) is 0 Å². The molecule has 31 heavy (non-hydrogen) atoms. The number of hydrogen-bond donors (Lipinski definition) is 0. The van der Waals surface area contributed by atoms with E-state index >= 15 is 0 Å². The van der Waals surface area contributed by atoms with Crippen molar-refractivity contribution >= 4 is 0 Å². The van der Waals surface area contributed by atoms with Gasteiger partial charge in [-0.3, -0.25) is 0 Å². The smallest absolute Gasteiger partial charge is 0.0215 e. The number of aryl methyl sites for hydroxylation is 1. The molecule has 7 rings (SSSR count). The minimum Gasteiger partial charge on any atom is -0.0619 e. The molecule has 0 atom stereocenters. The minimum absolute atomic E-state index is 0.251. The van der Waals surface area contributed by atoms with Crippen molar-refractivity contribution in [1.29, 1.82) is 0 Å². The van der Waals surface area contributed by atoms with E-state index in [2.05, 4.69) is 61.5 Å². The maximum atomic E-state index is 2.67. The number of rotatable bonds is 0. The van der Waals surface area contributed by atoms with E-state index in [9.17, 15) is 0 Å². The van der Waals surface area contributed by atoms with Crippen molar-refractivity contribution in [2.75, 3.05) is 0 Å². The van der Waals surface area contributed by atoms with Gasteiger partial charge in [-0.2, -0.15) is 0 Å². The monoisotopic (exact) mass is 404 g/mol. The van der Waals surface area contributed by atoms with E-state index in [-0.39, 0.29) is 10.8 Å². The van der Waals surface area contributed by atoms with Crippen LogP contribution in [0.1, 0.15) is 92.0 Å². The van der Waals surface area contributed by atoms with E-state index in [0.717, 1.165) is 0 Å². The molecule has 0 aliphatic heterocycles. The summed E-state index contributed by atoms with van der Waals surface area (Å²) in [5.41, 5.74) is 14.7. The fourth-order valence-electron chi connectivity index (χ4n) is 7.94. The van der Waals surface area contributed by atoms with Gasteiger partial charge in [-0.15, -0.1) is 0 Å². The second-order valence-electron chi connectivity index (χ2n) is 10.8. The second-order valence-corrected chi connectivity index (χ2v) is 10.8. The molecule has 3 aromatic rings. The van der Waals surface area contributed by atoms with Crippen LogP contribution in [0.5, 0.6) is 0 Å². The van der Waals surface area contributed by atoms with Crippen molar-refractivity contribution in [3.63, 3.8) is 0 Å². The van der Waals surface area contributed by atoms with E-state index < -0.39 is 0 Å². The molecule has 156 valence electrons. The first kappa shape index (κ1) is 18.3. The first-order chi connectivity index (χ1) is 15.2. The Kier molecular flexibility index (Phi) is 3.74. The van der Waals surface area contributed by atoms with Gasteiger partial charge >= 0.3 is 0 Å². The molecule has 0 aromatic heterocycles. The van der Waals surface area contributed by atoms with Crippen molar-refractivity contribution in [2.45, 2.75) is 82.0 Å². The Morgan fingerprint density at radius 1 is 0.484 bits per heavy atom. The van der Waals surface area contributed by atoms with Gasteiger partial charge in [-0.1, -0.05) is 86.6 Å². The van der Waals surface area contributed by atoms with Crippen LogP contribution in [0.4, 0.5) is 0 Å². The van der Waals surface area contributed by atoms with E-state index in [1.54, 1.807) is 33.4 Å². The summed E-state index contributed by atoms with van der Waals surface area (Å²) in [4.78, 5) is 0. The molecule has 0 radical (unpaired) electrons. The lowest BCUT2D eigenvalue weighted by atomic mass is 9.66. The average molecular weight is 405 g/mol. The molecule has 0 unspecified atom stereocenters. The maximum absolute atomic E-state index is 2.67. The second kappa shape index (κ2) is 6.35. The Balaban J connectivity index is 1.54. The van der Waals surface area contributed by atoms with E-state index in [0.29, 0.717) is 0 Å². The molecule has 0 heteroatoms. The van der Waals surface area contributed by atoms with E-state index in [4.69, 9.17) is 0 Å². The topological polar surface area (TPSA) is 0 Å². The summed E-state index contributed by atoms with van der Waals surface area (Å²) in [5, 5.41) is 0. The van der Waals surface area contributed by atoms with Crippen molar-refractivity contribution in [3.05, 3.63) is 82.4 Å². The third-order valence-corrected chi connectivity index (χ3v) is 9.32. The number of hydrogen-bond acceptors (Lipinski definition) is 0. The fraction of sp³-hybridized carbons (Fsp3) is 0.419. The van der Waals surface area contributed by atoms with Crippen LogP contribution >= 0.6 is 0 Å². The zero-order chi connectivity index (χ0) is 20.6. The Hall–Kier alpha value is -2.34. The zero-order valence-electron chi connectivity index (χ0n) is 18.8. The van der Waals surface area contributed by atoms with Crippen LogP contribution in [0.3, 0.4) is 0 Å². The molecular weight excluding hydrogens is 372 g/mol. The quantitative estimate of drug-likeness (QED) is 0.352. The summed E-state index contributed by atoms with van der Waals surface area (Å²) < 4.78 is 0. The van der Waals surface area contributed by atoms with E-state index in [1.807, 2.05) is 0 Å². The molecule has 2 fully saturated rings. The Morgan fingerprint density at radius 2 is 1.00 bits per heavy atom. The predicted octanol–water partition coefficient (Wildman–Crippen LogP) is 8.46. The molecule has 0 bridgehead atoms. The Labute approximate surface area is 186 Å². The van der Waals surface area contributed by atoms with Crippen LogP contribution in [-0.4, -0.2) is 0 Å². The van der Waals surface area contributed by atoms with Gasteiger partial charge in [0.2, 0.25) is 0 Å². The van der Waals surface area contributed by atoms with E-state index in [1.165, 1.54) is 80.9 Å². The summed E-state index contributed by atoms with van der Waals surface area (Å²) in [6.45, 7) is 2.27. The van der Waals surface area contributed by atoms with Crippen molar-refractivity contribution in [2.24, 2.45) is 0 Å². The molecule has 0 saturated heterocycles. The minimum atomic E-state index is 0.251. The van der Waals surface area contributed by atoms with Crippen molar-refractivity contribution in [1.82, 2.24) is 0 Å². The summed E-state index contributed by atoms with van der Waals surface area (Å²) in [6, 6.07) is 22.0. The first-order valence-electron chi connectivity index (χ1n) is 12.6. The predicted molar refractivity (Wildman–Crippen MR) is 130 cm³/mol. The summed E-state index contributed by atoms with van der Waals surface area (Å²) in [7, 11) is 0. The molecule has 0 nitrogen and oxygen atoms in total. The zero-order valence-corrected chi connectivity index (χ0v) is 18.8. The normalized spacial score (nSPS) is 21.6. The highest BCUT2D eigenvalue weighted by Crippen LogP contribution is 2.61. The summed E-state index contributed by atoms with van der Waals surface area (Å²) in [5.74, 6) is 0. The third kappa shape index (κ3) is 2.27. The van der Waals surface area contributed by atoms with Crippen molar-refractivity contribution in [3.8, 4) is 22.3 Å². The molecule has 0 heterocycles. The molecule has 4 aliphatic rings. The van der Waals surface area contributed by atoms with Gasteiger partial charge in [0.1, 0.15) is 0 Å². The van der Waals surface area contributed by atoms with Crippen LogP contribution in [0, 0.1) is 6.92 Å². The summed E-state index contributed by atoms with van der Waals surface area (Å²) >= 11 is 0. The average Bonchev–Trinajstić information content (AvgIpc) is 3.22. The molecule has 2 saturated carbocycles. The van der Waals surface area contributed by atoms with Crippen LogP contribution in [-0.2, 0) is 10.8 Å². The largest absolute Gasteiger partial charge is 0.0619 e. The molecular formula is C31H32. The van der Waals surface area contributed by atoms with Crippen LogP contribution in [0.15, 0.2) is 54.6 Å². The number of fused-ring (bicyclic) bond motifs is 10. The Bertz CT molecular complexity index is 1200. The van der Waals surface area contributed by atoms with Gasteiger partial charge < -0.3 is 0 Å². The number of benzene rings is 3. The molecule has 0 amide bonds. The summed E-state index contributed by atoms with van der Waals surface area (Å²) in [6.07, 6.45) is 13.5. The lowest BCUT2D eigenvalue weighted by Gasteiger charge is -2.37. The molecule has 0 N–H and O–H groups in total. The lowest BCUT2D eigenvalue weighted by Crippen LogP contribution is -2.29. The highest BCUT2D eigenvalue weighted by Gasteiger charge is 2.48. The lowest BCUT2D eigenvalue weighted by molar-refractivity contribution is 0.349. The van der Waals surface area contributed by atoms with Gasteiger partial charge in [-0.05, 0) is 89.2 Å². The van der Waals surface area contributed by atoms with Crippen LogP contribution < -0.4 is 0 Å². The first-order valence-corrected chi connectivity index (χ1v) is 12.6. The maximum Gasteiger partial charge on any atom is 0.0215 e. The Morgan fingerprint density at radius 3 is 1.65 bits per heavy atom. The highest BCUT2D eigenvalue weighted by molar-refractivity contribution is 5.90. The van der Waals surface area contributed by atoms with Gasteiger partial charge in [0, 0.05) is 10.8 Å². The highest BCUT2D eigenvalue weighted by atomic mass is 14.5. The molecule has 3 aromatic carbocycles. The molecule has 4 aliphatic carbocycles. The van der Waals surface area contributed by atoms with Crippen molar-refractivity contribution < 1.29 is 0 Å². The van der Waals surface area contributed by atoms with Gasteiger partial charge in [0.25, 0.3) is 0 Å². The fourth-order valence-corrected chi connectivity index (χ4v) is 7.94. The van der Waals surface area contributed by atoms with Crippen LogP contribution in [0.2, 0.25) is 0 Å². The SMILES string of the molecule is Cc1ccc2c(c1)C1(CCCCC1)c1cc3c(cc1-2)C1(CCCCC1)c1ccccc1-3. The standard InChI is InChI=1S/C31H32/c1-21-12-13-23-25-20-28-24(19-29(25)31(27(23)18-21)16-8-3-9-17-31)22-10-4-5-11-26(22)30(28)14-6-2-7-15-30/h4-5,10-13,18-20H,2-3,6-9,14-17H2,1H3. The van der Waals surface area contributed by atoms with Gasteiger partial charge in [0.15, 0.2) is 0 Å². The third-order valence-electron chi connectivity index (χ3n) is 9.32. The van der Waals surface area contributed by atoms with Gasteiger partial charge in [-0.25, -0.2) is 0 Å². The van der Waals surface area contributed by atoms with Crippen LogP contribution in [0.25, 0.3) is 22.3 Å². The molecule has 2 spiro atoms.